The van der Waals surface area contributed by atoms with Crippen LogP contribution in [-0.2, 0) is 0 Å². The Morgan fingerprint density at radius 2 is 1.94 bits per heavy atom. The summed E-state index contributed by atoms with van der Waals surface area (Å²) in [7, 11) is 0. The maximum Gasteiger partial charge on any atom is 0.175 e. The molecule has 1 saturated carbocycles. The third-order valence-electron chi connectivity index (χ3n) is 3.89. The minimum absolute atomic E-state index is 0.490. The molecule has 2 aromatic rings. The molecular weight excluding hydrogens is 224 g/mol. The van der Waals surface area contributed by atoms with Crippen LogP contribution in [0.5, 0.6) is 0 Å². The Balaban J connectivity index is 2.11. The minimum atomic E-state index is 0.490. The minimum Gasteiger partial charge on any atom is -0.380 e. The number of hydrogen-bond acceptors (Lipinski definition) is 3. The van der Waals surface area contributed by atoms with Crippen molar-refractivity contribution in [3.05, 3.63) is 35.6 Å². The van der Waals surface area contributed by atoms with Crippen LogP contribution in [0.4, 0.5) is 5.82 Å². The van der Waals surface area contributed by atoms with Gasteiger partial charge in [-0.25, -0.2) is 0 Å². The van der Waals surface area contributed by atoms with Gasteiger partial charge in [0.2, 0.25) is 0 Å². The first-order valence-corrected chi connectivity index (χ1v) is 6.58. The van der Waals surface area contributed by atoms with Crippen molar-refractivity contribution in [3.8, 4) is 11.1 Å². The van der Waals surface area contributed by atoms with Crippen LogP contribution in [0.15, 0.2) is 28.8 Å². The van der Waals surface area contributed by atoms with Gasteiger partial charge in [-0.3, -0.25) is 0 Å². The van der Waals surface area contributed by atoms with E-state index in [1.165, 1.54) is 31.2 Å². The first kappa shape index (κ1) is 11.3. The van der Waals surface area contributed by atoms with Crippen molar-refractivity contribution in [1.29, 1.82) is 0 Å². The average molecular weight is 242 g/mol. The molecule has 1 heterocycles. The molecule has 0 amide bonds. The molecule has 0 atom stereocenters. The van der Waals surface area contributed by atoms with E-state index in [1.807, 2.05) is 12.1 Å². The Hall–Kier alpha value is -1.77. The maximum absolute atomic E-state index is 6.01. The van der Waals surface area contributed by atoms with E-state index in [0.29, 0.717) is 11.7 Å². The fourth-order valence-electron chi connectivity index (χ4n) is 2.91. The topological polar surface area (TPSA) is 52.0 Å². The molecule has 1 fully saturated rings. The molecule has 0 radical (unpaired) electrons. The Bertz CT molecular complexity index is 553. The van der Waals surface area contributed by atoms with Crippen LogP contribution in [-0.4, -0.2) is 5.16 Å². The van der Waals surface area contributed by atoms with Crippen molar-refractivity contribution < 1.29 is 4.52 Å². The fourth-order valence-corrected chi connectivity index (χ4v) is 2.91. The van der Waals surface area contributed by atoms with Crippen LogP contribution < -0.4 is 5.73 Å². The molecule has 18 heavy (non-hydrogen) atoms. The van der Waals surface area contributed by atoms with Gasteiger partial charge in [0.25, 0.3) is 0 Å². The molecule has 0 spiro atoms. The van der Waals surface area contributed by atoms with E-state index in [0.717, 1.165) is 16.9 Å². The van der Waals surface area contributed by atoms with Crippen LogP contribution in [0.25, 0.3) is 11.1 Å². The Morgan fingerprint density at radius 1 is 1.22 bits per heavy atom. The lowest BCUT2D eigenvalue weighted by molar-refractivity contribution is 0.363. The van der Waals surface area contributed by atoms with Gasteiger partial charge in [0.1, 0.15) is 5.76 Å². The molecule has 3 heteroatoms. The summed E-state index contributed by atoms with van der Waals surface area (Å²) in [6.45, 7) is 2.10. The highest BCUT2D eigenvalue weighted by Crippen LogP contribution is 2.42. The second-order valence-corrected chi connectivity index (χ2v) is 5.10. The smallest absolute Gasteiger partial charge is 0.175 e. The van der Waals surface area contributed by atoms with Crippen LogP contribution in [0.1, 0.15) is 42.9 Å². The monoisotopic (exact) mass is 242 g/mol. The number of nitrogens with two attached hydrogens (primary N) is 1. The molecule has 1 aromatic carbocycles. The lowest BCUT2D eigenvalue weighted by Crippen LogP contribution is -1.96. The zero-order valence-electron chi connectivity index (χ0n) is 10.6. The van der Waals surface area contributed by atoms with Crippen molar-refractivity contribution in [1.82, 2.24) is 5.16 Å². The summed E-state index contributed by atoms with van der Waals surface area (Å²) in [6, 6.07) is 8.27. The van der Waals surface area contributed by atoms with Gasteiger partial charge in [0.15, 0.2) is 5.82 Å². The molecule has 0 bridgehead atoms. The average Bonchev–Trinajstić information content (AvgIpc) is 2.99. The molecule has 3 rings (SSSR count). The Labute approximate surface area is 107 Å². The standard InChI is InChI=1S/C15H18N2O/c1-10-6-2-5-9-12(10)13-14(18-17-15(13)16)11-7-3-4-8-11/h2,5-6,9,11H,3-4,7-8H2,1H3,(H2,16,17). The Morgan fingerprint density at radius 3 is 2.67 bits per heavy atom. The summed E-state index contributed by atoms with van der Waals surface area (Å²) in [4.78, 5) is 0. The molecule has 0 unspecified atom stereocenters. The first-order chi connectivity index (χ1) is 8.77. The second-order valence-electron chi connectivity index (χ2n) is 5.10. The lowest BCUT2D eigenvalue weighted by atomic mass is 9.94. The number of anilines is 1. The number of hydrogen-bond donors (Lipinski definition) is 1. The normalized spacial score (nSPS) is 16.3. The molecular formula is C15H18N2O. The van der Waals surface area contributed by atoms with E-state index in [4.69, 9.17) is 10.3 Å². The molecule has 0 aliphatic heterocycles. The van der Waals surface area contributed by atoms with E-state index >= 15 is 0 Å². The van der Waals surface area contributed by atoms with Crippen molar-refractivity contribution in [2.75, 3.05) is 5.73 Å². The van der Waals surface area contributed by atoms with Gasteiger partial charge in [-0.15, -0.1) is 0 Å². The van der Waals surface area contributed by atoms with Crippen LogP contribution in [0, 0.1) is 6.92 Å². The summed E-state index contributed by atoms with van der Waals surface area (Å²) >= 11 is 0. The molecule has 1 aliphatic carbocycles. The number of benzene rings is 1. The van der Waals surface area contributed by atoms with Gasteiger partial charge >= 0.3 is 0 Å². The zero-order valence-corrected chi connectivity index (χ0v) is 10.6. The number of rotatable bonds is 2. The molecule has 1 aromatic heterocycles. The summed E-state index contributed by atoms with van der Waals surface area (Å²) < 4.78 is 5.51. The predicted molar refractivity (Wildman–Crippen MR) is 72.3 cm³/mol. The van der Waals surface area contributed by atoms with Crippen molar-refractivity contribution >= 4 is 5.82 Å². The molecule has 0 saturated heterocycles. The van der Waals surface area contributed by atoms with Gasteiger partial charge < -0.3 is 10.3 Å². The van der Waals surface area contributed by atoms with Gasteiger partial charge in [0.05, 0.1) is 5.56 Å². The second kappa shape index (κ2) is 4.48. The van der Waals surface area contributed by atoms with E-state index < -0.39 is 0 Å². The van der Waals surface area contributed by atoms with Crippen molar-refractivity contribution in [2.45, 2.75) is 38.5 Å². The Kier molecular flexibility index (Phi) is 2.82. The molecule has 1 aliphatic rings. The van der Waals surface area contributed by atoms with Gasteiger partial charge in [-0.1, -0.05) is 42.3 Å². The number of nitrogens with zero attached hydrogens (tertiary/aromatic N) is 1. The van der Waals surface area contributed by atoms with Crippen LogP contribution >= 0.6 is 0 Å². The maximum atomic E-state index is 6.01. The van der Waals surface area contributed by atoms with E-state index in [1.54, 1.807) is 0 Å². The first-order valence-electron chi connectivity index (χ1n) is 6.58. The van der Waals surface area contributed by atoms with Gasteiger partial charge in [-0.05, 0) is 30.9 Å². The third kappa shape index (κ3) is 1.80. The van der Waals surface area contributed by atoms with Crippen molar-refractivity contribution in [2.24, 2.45) is 0 Å². The largest absolute Gasteiger partial charge is 0.380 e. The van der Waals surface area contributed by atoms with E-state index in [9.17, 15) is 0 Å². The number of aromatic nitrogens is 1. The molecule has 94 valence electrons. The van der Waals surface area contributed by atoms with Gasteiger partial charge in [0, 0.05) is 5.92 Å². The van der Waals surface area contributed by atoms with Crippen LogP contribution in [0.3, 0.4) is 0 Å². The SMILES string of the molecule is Cc1ccccc1-c1c(N)noc1C1CCCC1. The van der Waals surface area contributed by atoms with E-state index in [2.05, 4.69) is 24.2 Å². The van der Waals surface area contributed by atoms with Crippen molar-refractivity contribution in [3.63, 3.8) is 0 Å². The highest BCUT2D eigenvalue weighted by molar-refractivity contribution is 5.78. The lowest BCUT2D eigenvalue weighted by Gasteiger charge is -2.09. The van der Waals surface area contributed by atoms with E-state index in [-0.39, 0.29) is 0 Å². The highest BCUT2D eigenvalue weighted by atomic mass is 16.5. The van der Waals surface area contributed by atoms with Crippen LogP contribution in [0.2, 0.25) is 0 Å². The zero-order chi connectivity index (χ0) is 12.5. The quantitative estimate of drug-likeness (QED) is 0.869. The summed E-state index contributed by atoms with van der Waals surface area (Å²) in [6.07, 6.45) is 4.93. The number of aryl methyl sites for hydroxylation is 1. The van der Waals surface area contributed by atoms with Gasteiger partial charge in [-0.2, -0.15) is 0 Å². The molecule has 3 nitrogen and oxygen atoms in total. The molecule has 2 N–H and O–H groups in total. The number of nitrogen functional groups attached to an aromatic ring is 1. The predicted octanol–water partition coefficient (Wildman–Crippen LogP) is 3.89. The fraction of sp³-hybridized carbons (Fsp3) is 0.400. The summed E-state index contributed by atoms with van der Waals surface area (Å²) in [5, 5.41) is 3.98. The summed E-state index contributed by atoms with van der Waals surface area (Å²) in [5.74, 6) is 2.00. The summed E-state index contributed by atoms with van der Waals surface area (Å²) in [5.41, 5.74) is 9.38. The highest BCUT2D eigenvalue weighted by Gasteiger charge is 2.27. The third-order valence-corrected chi connectivity index (χ3v) is 3.89.